The molecule has 0 unspecified atom stereocenters. The van der Waals surface area contributed by atoms with Gasteiger partial charge in [0.05, 0.1) is 22.6 Å². The molecule has 6 aromatic carbocycles. The lowest BCUT2D eigenvalue weighted by molar-refractivity contribution is 0.632. The molecule has 9 rings (SSSR count). The normalized spacial score (nSPS) is 14.0. The molecule has 0 saturated heterocycles. The van der Waals surface area contributed by atoms with Gasteiger partial charge in [-0.25, -0.2) is 4.98 Å². The van der Waals surface area contributed by atoms with Crippen molar-refractivity contribution in [2.75, 3.05) is 4.90 Å². The van der Waals surface area contributed by atoms with Gasteiger partial charge in [0.1, 0.15) is 11.2 Å². The van der Waals surface area contributed by atoms with E-state index in [1.54, 1.807) is 0 Å². The molecule has 3 nitrogen and oxygen atoms in total. The summed E-state index contributed by atoms with van der Waals surface area (Å²) in [6, 6.07) is 47.4. The number of hydrogen-bond donors (Lipinski definition) is 0. The van der Waals surface area contributed by atoms with Gasteiger partial charge in [-0.05, 0) is 59.7 Å². The van der Waals surface area contributed by atoms with Crippen molar-refractivity contribution in [1.82, 2.24) is 4.98 Å². The average molecular weight is 553 g/mol. The Labute approximate surface area is 249 Å². The molecule has 8 aromatic rings. The van der Waals surface area contributed by atoms with E-state index >= 15 is 0 Å². The standard InChI is InChI=1S/C40H28N2O/c1-40(2)30-15-7-10-18-33(30)42(34-19-11-8-16-31(34)40)26-20-22-35-29(24-26)38-36(43-35)23-21-28-37(38)27-14-6-9-17-32(27)41-39(28)25-12-4-3-5-13-25/h3-24H,1-2H3. The Balaban J connectivity index is 1.38. The largest absolute Gasteiger partial charge is 0.456 e. The number of nitrogens with zero attached hydrogens (tertiary/aromatic N) is 2. The van der Waals surface area contributed by atoms with Crippen molar-refractivity contribution < 1.29 is 4.42 Å². The van der Waals surface area contributed by atoms with E-state index in [2.05, 4.69) is 146 Å². The van der Waals surface area contributed by atoms with Crippen LogP contribution in [0.3, 0.4) is 0 Å². The second-order valence-electron chi connectivity index (χ2n) is 12.0. The molecule has 3 heterocycles. The van der Waals surface area contributed by atoms with Gasteiger partial charge in [0.2, 0.25) is 0 Å². The number of furan rings is 1. The second-order valence-corrected chi connectivity index (χ2v) is 12.0. The summed E-state index contributed by atoms with van der Waals surface area (Å²) in [5.41, 5.74) is 10.9. The number of anilines is 3. The number of benzene rings is 6. The quantitative estimate of drug-likeness (QED) is 0.200. The van der Waals surface area contributed by atoms with Crippen LogP contribution in [0.25, 0.3) is 54.9 Å². The van der Waals surface area contributed by atoms with Gasteiger partial charge in [0.15, 0.2) is 0 Å². The fourth-order valence-corrected chi connectivity index (χ4v) is 7.20. The minimum Gasteiger partial charge on any atom is -0.456 e. The molecular formula is C40H28N2O. The first-order valence-electron chi connectivity index (χ1n) is 14.8. The predicted molar refractivity (Wildman–Crippen MR) is 179 cm³/mol. The Morgan fingerprint density at radius 3 is 1.98 bits per heavy atom. The lowest BCUT2D eigenvalue weighted by Gasteiger charge is -2.42. The molecule has 1 aliphatic rings. The molecular weight excluding hydrogens is 524 g/mol. The first-order chi connectivity index (χ1) is 21.1. The highest BCUT2D eigenvalue weighted by molar-refractivity contribution is 6.28. The molecule has 0 N–H and O–H groups in total. The molecule has 0 fully saturated rings. The van der Waals surface area contributed by atoms with E-state index in [4.69, 9.17) is 9.40 Å². The van der Waals surface area contributed by atoms with Crippen LogP contribution in [0, 0.1) is 0 Å². The van der Waals surface area contributed by atoms with Gasteiger partial charge >= 0.3 is 0 Å². The van der Waals surface area contributed by atoms with E-state index in [-0.39, 0.29) is 5.41 Å². The number of para-hydroxylation sites is 3. The fourth-order valence-electron chi connectivity index (χ4n) is 7.20. The van der Waals surface area contributed by atoms with Crippen LogP contribution in [0.5, 0.6) is 0 Å². The van der Waals surface area contributed by atoms with Gasteiger partial charge in [0, 0.05) is 43.6 Å². The van der Waals surface area contributed by atoms with E-state index < -0.39 is 0 Å². The lowest BCUT2D eigenvalue weighted by atomic mass is 9.73. The summed E-state index contributed by atoms with van der Waals surface area (Å²) in [6.07, 6.45) is 0. The van der Waals surface area contributed by atoms with Crippen LogP contribution in [-0.4, -0.2) is 4.98 Å². The smallest absolute Gasteiger partial charge is 0.136 e. The Morgan fingerprint density at radius 1 is 0.558 bits per heavy atom. The molecule has 0 spiro atoms. The summed E-state index contributed by atoms with van der Waals surface area (Å²) < 4.78 is 6.53. The Morgan fingerprint density at radius 2 is 1.21 bits per heavy atom. The number of aromatic nitrogens is 1. The van der Waals surface area contributed by atoms with Gasteiger partial charge in [-0.2, -0.15) is 0 Å². The molecule has 0 saturated carbocycles. The van der Waals surface area contributed by atoms with Crippen LogP contribution < -0.4 is 4.90 Å². The van der Waals surface area contributed by atoms with Crippen LogP contribution in [-0.2, 0) is 5.41 Å². The lowest BCUT2D eigenvalue weighted by Crippen LogP contribution is -2.30. The van der Waals surface area contributed by atoms with E-state index in [0.717, 1.165) is 55.2 Å². The van der Waals surface area contributed by atoms with Gasteiger partial charge in [0.25, 0.3) is 0 Å². The van der Waals surface area contributed by atoms with Crippen LogP contribution in [0.4, 0.5) is 17.1 Å². The highest BCUT2D eigenvalue weighted by Crippen LogP contribution is 2.52. The van der Waals surface area contributed by atoms with Crippen molar-refractivity contribution in [3.8, 4) is 11.3 Å². The van der Waals surface area contributed by atoms with Crippen LogP contribution in [0.2, 0.25) is 0 Å². The molecule has 43 heavy (non-hydrogen) atoms. The van der Waals surface area contributed by atoms with Crippen molar-refractivity contribution in [1.29, 1.82) is 0 Å². The maximum atomic E-state index is 6.53. The number of rotatable bonds is 2. The Kier molecular flexibility index (Phi) is 4.95. The van der Waals surface area contributed by atoms with Crippen molar-refractivity contribution in [2.24, 2.45) is 0 Å². The second kappa shape index (κ2) is 8.80. The third-order valence-electron chi connectivity index (χ3n) is 9.22. The topological polar surface area (TPSA) is 29.3 Å². The summed E-state index contributed by atoms with van der Waals surface area (Å²) in [5.74, 6) is 0. The maximum Gasteiger partial charge on any atom is 0.136 e. The zero-order chi connectivity index (χ0) is 28.7. The number of hydrogen-bond acceptors (Lipinski definition) is 3. The Bertz CT molecular complexity index is 2330. The molecule has 0 bridgehead atoms. The van der Waals surface area contributed by atoms with Gasteiger partial charge in [-0.1, -0.05) is 98.8 Å². The van der Waals surface area contributed by atoms with Crippen LogP contribution in [0.15, 0.2) is 138 Å². The summed E-state index contributed by atoms with van der Waals surface area (Å²) in [7, 11) is 0. The third-order valence-corrected chi connectivity index (χ3v) is 9.22. The summed E-state index contributed by atoms with van der Waals surface area (Å²) in [6.45, 7) is 4.65. The zero-order valence-electron chi connectivity index (χ0n) is 24.0. The molecule has 2 aromatic heterocycles. The van der Waals surface area contributed by atoms with E-state index in [0.29, 0.717) is 0 Å². The maximum absolute atomic E-state index is 6.53. The van der Waals surface area contributed by atoms with Gasteiger partial charge in [-0.3, -0.25) is 0 Å². The van der Waals surface area contributed by atoms with Crippen molar-refractivity contribution in [2.45, 2.75) is 19.3 Å². The fraction of sp³-hybridized carbons (Fsp3) is 0.0750. The van der Waals surface area contributed by atoms with Crippen LogP contribution >= 0.6 is 0 Å². The Hall–Kier alpha value is -5.41. The first-order valence-corrected chi connectivity index (χ1v) is 14.8. The molecule has 1 aliphatic heterocycles. The summed E-state index contributed by atoms with van der Waals surface area (Å²) in [5, 5.41) is 5.67. The third kappa shape index (κ3) is 3.39. The minimum atomic E-state index is -0.105. The SMILES string of the molecule is CC1(C)c2ccccc2N(c2ccc3oc4ccc5c(-c6ccccc6)nc6ccccc6c5c4c3c2)c2ccccc21. The molecule has 0 radical (unpaired) electrons. The number of pyridine rings is 1. The van der Waals surface area contributed by atoms with Crippen molar-refractivity contribution in [3.05, 3.63) is 145 Å². The zero-order valence-corrected chi connectivity index (χ0v) is 24.0. The minimum absolute atomic E-state index is 0.105. The molecule has 0 aliphatic carbocycles. The van der Waals surface area contributed by atoms with Crippen LogP contribution in [0.1, 0.15) is 25.0 Å². The van der Waals surface area contributed by atoms with E-state index in [9.17, 15) is 0 Å². The molecule has 204 valence electrons. The van der Waals surface area contributed by atoms with E-state index in [1.165, 1.54) is 27.9 Å². The number of fused-ring (bicyclic) bond motifs is 9. The average Bonchev–Trinajstić information content (AvgIpc) is 3.43. The summed E-state index contributed by atoms with van der Waals surface area (Å²) in [4.78, 5) is 7.57. The molecule has 0 atom stereocenters. The molecule has 3 heteroatoms. The highest BCUT2D eigenvalue weighted by Gasteiger charge is 2.36. The van der Waals surface area contributed by atoms with Crippen molar-refractivity contribution in [3.63, 3.8) is 0 Å². The highest BCUT2D eigenvalue weighted by atomic mass is 16.3. The molecule has 0 amide bonds. The van der Waals surface area contributed by atoms with Gasteiger partial charge in [-0.15, -0.1) is 0 Å². The first kappa shape index (κ1) is 24.2. The van der Waals surface area contributed by atoms with Crippen molar-refractivity contribution >= 4 is 60.7 Å². The summed E-state index contributed by atoms with van der Waals surface area (Å²) >= 11 is 0. The predicted octanol–water partition coefficient (Wildman–Crippen LogP) is 11.1. The monoisotopic (exact) mass is 552 g/mol. The van der Waals surface area contributed by atoms with Gasteiger partial charge < -0.3 is 9.32 Å². The van der Waals surface area contributed by atoms with E-state index in [1.807, 2.05) is 6.07 Å².